The molecule has 1 heterocycles. The second kappa shape index (κ2) is 10.9. The zero-order valence-corrected chi connectivity index (χ0v) is 20.0. The molecule has 0 aliphatic heterocycles. The molecule has 0 aliphatic carbocycles. The van der Waals surface area contributed by atoms with Crippen LogP contribution in [-0.4, -0.2) is 46.3 Å². The molecule has 0 aliphatic rings. The molecule has 0 bridgehead atoms. The Morgan fingerprint density at radius 2 is 1.91 bits per heavy atom. The summed E-state index contributed by atoms with van der Waals surface area (Å²) in [5.74, 6) is -0.460. The first kappa shape index (κ1) is 24.8. The number of thiazole rings is 1. The largest absolute Gasteiger partial charge is 0.493 e. The van der Waals surface area contributed by atoms with E-state index in [1.807, 2.05) is 26.8 Å². The number of hydrogen-bond donors (Lipinski definition) is 2. The lowest BCUT2D eigenvalue weighted by Gasteiger charge is -2.25. The number of benzene rings is 2. The van der Waals surface area contributed by atoms with Crippen molar-refractivity contribution in [2.24, 2.45) is 5.92 Å². The standard InChI is InChI=1S/C25H29NO6S/c1-5-31-19-11-16(9-10-17(19)15(4)27)24(28)20(32-13-14(2)3)12-22-26-23-18(25(29)30)7-6-8-21(23)33-22/h6-11,14,20,24,28H,5,12-13H2,1-4H3,(H,29,30). The van der Waals surface area contributed by atoms with Crippen molar-refractivity contribution < 1.29 is 29.3 Å². The number of nitrogens with zero attached hydrogens (tertiary/aromatic N) is 1. The van der Waals surface area contributed by atoms with E-state index in [0.717, 1.165) is 4.70 Å². The van der Waals surface area contributed by atoms with Gasteiger partial charge in [-0.15, -0.1) is 11.3 Å². The fourth-order valence-electron chi connectivity index (χ4n) is 3.51. The lowest BCUT2D eigenvalue weighted by atomic mass is 9.99. The van der Waals surface area contributed by atoms with Gasteiger partial charge in [-0.3, -0.25) is 4.79 Å². The van der Waals surface area contributed by atoms with Gasteiger partial charge in [0, 0.05) is 13.0 Å². The molecule has 0 fully saturated rings. The van der Waals surface area contributed by atoms with Crippen LogP contribution in [0, 0.1) is 5.92 Å². The highest BCUT2D eigenvalue weighted by Gasteiger charge is 2.26. The van der Waals surface area contributed by atoms with Gasteiger partial charge in [0.05, 0.1) is 39.1 Å². The van der Waals surface area contributed by atoms with Crippen molar-refractivity contribution in [3.63, 3.8) is 0 Å². The topological polar surface area (TPSA) is 106 Å². The predicted molar refractivity (Wildman–Crippen MR) is 127 cm³/mol. The van der Waals surface area contributed by atoms with E-state index in [1.54, 1.807) is 24.3 Å². The van der Waals surface area contributed by atoms with E-state index in [2.05, 4.69) is 4.98 Å². The Morgan fingerprint density at radius 3 is 2.55 bits per heavy atom. The van der Waals surface area contributed by atoms with Crippen LogP contribution in [0.5, 0.6) is 5.75 Å². The number of aromatic nitrogens is 1. The first-order valence-electron chi connectivity index (χ1n) is 10.9. The third-order valence-corrected chi connectivity index (χ3v) is 6.13. The van der Waals surface area contributed by atoms with E-state index in [4.69, 9.17) is 9.47 Å². The smallest absolute Gasteiger partial charge is 0.337 e. The Balaban J connectivity index is 1.93. The Bertz CT molecular complexity index is 1140. The van der Waals surface area contributed by atoms with E-state index in [-0.39, 0.29) is 17.3 Å². The lowest BCUT2D eigenvalue weighted by Crippen LogP contribution is -2.26. The second-order valence-corrected chi connectivity index (χ2v) is 9.34. The van der Waals surface area contributed by atoms with E-state index in [1.165, 1.54) is 24.3 Å². The molecule has 8 heteroatoms. The molecule has 0 spiro atoms. The zero-order chi connectivity index (χ0) is 24.1. The third kappa shape index (κ3) is 5.96. The summed E-state index contributed by atoms with van der Waals surface area (Å²) in [7, 11) is 0. The molecule has 3 rings (SSSR count). The maximum atomic E-state index is 11.9. The lowest BCUT2D eigenvalue weighted by molar-refractivity contribution is -0.0472. The van der Waals surface area contributed by atoms with Gasteiger partial charge in [-0.05, 0) is 49.6 Å². The number of para-hydroxylation sites is 1. The summed E-state index contributed by atoms with van der Waals surface area (Å²) in [4.78, 5) is 28.0. The molecular formula is C25H29NO6S. The minimum absolute atomic E-state index is 0.115. The Kier molecular flexibility index (Phi) is 8.18. The normalized spacial score (nSPS) is 13.3. The molecule has 176 valence electrons. The molecule has 2 atom stereocenters. The van der Waals surface area contributed by atoms with Crippen LogP contribution in [0.4, 0.5) is 0 Å². The molecular weight excluding hydrogens is 442 g/mol. The zero-order valence-electron chi connectivity index (χ0n) is 19.2. The summed E-state index contributed by atoms with van der Waals surface area (Å²) < 4.78 is 12.5. The van der Waals surface area contributed by atoms with Gasteiger partial charge in [0.2, 0.25) is 0 Å². The van der Waals surface area contributed by atoms with Crippen molar-refractivity contribution in [1.29, 1.82) is 0 Å². The summed E-state index contributed by atoms with van der Waals surface area (Å²) in [6, 6.07) is 10.1. The van der Waals surface area contributed by atoms with Gasteiger partial charge in [0.15, 0.2) is 5.78 Å². The molecule has 0 radical (unpaired) electrons. The number of aliphatic hydroxyl groups excluding tert-OH is 1. The van der Waals surface area contributed by atoms with Crippen LogP contribution in [0.15, 0.2) is 36.4 Å². The quantitative estimate of drug-likeness (QED) is 0.383. The van der Waals surface area contributed by atoms with Gasteiger partial charge in [0.1, 0.15) is 11.9 Å². The molecule has 2 unspecified atom stereocenters. The number of fused-ring (bicyclic) bond motifs is 1. The summed E-state index contributed by atoms with van der Waals surface area (Å²) >= 11 is 1.39. The maximum Gasteiger partial charge on any atom is 0.337 e. The minimum Gasteiger partial charge on any atom is -0.493 e. The Labute approximate surface area is 197 Å². The SMILES string of the molecule is CCOc1cc(C(O)C(Cc2nc3c(C(=O)O)cccc3s2)OCC(C)C)ccc1C(C)=O. The van der Waals surface area contributed by atoms with Gasteiger partial charge in [-0.1, -0.05) is 26.0 Å². The van der Waals surface area contributed by atoms with Crippen molar-refractivity contribution >= 4 is 33.3 Å². The highest BCUT2D eigenvalue weighted by Crippen LogP contribution is 2.31. The predicted octanol–water partition coefficient (Wildman–Crippen LogP) is 4.91. The number of ether oxygens (including phenoxy) is 2. The van der Waals surface area contributed by atoms with Gasteiger partial charge in [0.25, 0.3) is 0 Å². The average molecular weight is 472 g/mol. The molecule has 2 aromatic carbocycles. The van der Waals surface area contributed by atoms with Crippen LogP contribution in [0.1, 0.15) is 65.1 Å². The number of rotatable bonds is 11. The highest BCUT2D eigenvalue weighted by molar-refractivity contribution is 7.18. The maximum absolute atomic E-state index is 11.9. The van der Waals surface area contributed by atoms with Gasteiger partial charge >= 0.3 is 5.97 Å². The highest BCUT2D eigenvalue weighted by atomic mass is 32.1. The number of carbonyl (C=O) groups excluding carboxylic acids is 1. The summed E-state index contributed by atoms with van der Waals surface area (Å²) in [5, 5.41) is 21.3. The molecule has 0 saturated carbocycles. The van der Waals surface area contributed by atoms with Crippen LogP contribution in [0.3, 0.4) is 0 Å². The molecule has 2 N–H and O–H groups in total. The minimum atomic E-state index is -1.03. The fourth-order valence-corrected chi connectivity index (χ4v) is 4.54. The first-order valence-corrected chi connectivity index (χ1v) is 11.7. The van der Waals surface area contributed by atoms with Gasteiger partial charge < -0.3 is 19.7 Å². The number of aliphatic hydroxyl groups is 1. The number of carboxylic acid groups (broad SMARTS) is 1. The fraction of sp³-hybridized carbons (Fsp3) is 0.400. The van der Waals surface area contributed by atoms with Crippen LogP contribution < -0.4 is 4.74 Å². The number of ketones is 1. The van der Waals surface area contributed by atoms with Crippen LogP contribution in [-0.2, 0) is 11.2 Å². The van der Waals surface area contributed by atoms with Crippen molar-refractivity contribution in [2.45, 2.75) is 46.3 Å². The van der Waals surface area contributed by atoms with Crippen LogP contribution in [0.25, 0.3) is 10.2 Å². The number of hydrogen-bond acceptors (Lipinski definition) is 7. The van der Waals surface area contributed by atoms with Gasteiger partial charge in [-0.25, -0.2) is 9.78 Å². The van der Waals surface area contributed by atoms with Crippen molar-refractivity contribution in [3.8, 4) is 5.75 Å². The molecule has 3 aromatic rings. The van der Waals surface area contributed by atoms with Crippen LogP contribution in [0.2, 0.25) is 0 Å². The first-order chi connectivity index (χ1) is 15.7. The molecule has 0 amide bonds. The third-order valence-electron chi connectivity index (χ3n) is 5.09. The van der Waals surface area contributed by atoms with E-state index in [9.17, 15) is 19.8 Å². The molecule has 0 saturated heterocycles. The Morgan fingerprint density at radius 1 is 1.15 bits per heavy atom. The summed E-state index contributed by atoms with van der Waals surface area (Å²) in [6.07, 6.45) is -1.29. The monoisotopic (exact) mass is 471 g/mol. The van der Waals surface area contributed by atoms with E-state index in [0.29, 0.717) is 47.0 Å². The molecule has 7 nitrogen and oxygen atoms in total. The molecule has 1 aromatic heterocycles. The van der Waals surface area contributed by atoms with Crippen molar-refractivity contribution in [1.82, 2.24) is 4.98 Å². The number of carboxylic acids is 1. The molecule has 33 heavy (non-hydrogen) atoms. The van der Waals surface area contributed by atoms with Crippen LogP contribution >= 0.6 is 11.3 Å². The van der Waals surface area contributed by atoms with E-state index >= 15 is 0 Å². The average Bonchev–Trinajstić information content (AvgIpc) is 3.18. The van der Waals surface area contributed by atoms with Crippen molar-refractivity contribution in [2.75, 3.05) is 13.2 Å². The Hall–Kier alpha value is -2.81. The number of aromatic carboxylic acids is 1. The van der Waals surface area contributed by atoms with Crippen molar-refractivity contribution in [3.05, 3.63) is 58.1 Å². The van der Waals surface area contributed by atoms with Gasteiger partial charge in [-0.2, -0.15) is 0 Å². The second-order valence-electron chi connectivity index (χ2n) is 8.22. The summed E-state index contributed by atoms with van der Waals surface area (Å²) in [6.45, 7) is 8.19. The van der Waals surface area contributed by atoms with E-state index < -0.39 is 18.2 Å². The number of Topliss-reactive ketones (excluding diaryl/α,β-unsaturated/α-hetero) is 1. The summed E-state index contributed by atoms with van der Waals surface area (Å²) in [5.41, 5.74) is 1.62. The number of carbonyl (C=O) groups is 2.